The molecule has 0 aliphatic carbocycles. The predicted molar refractivity (Wildman–Crippen MR) is 122 cm³/mol. The van der Waals surface area contributed by atoms with Crippen molar-refractivity contribution in [2.45, 2.75) is 64.3 Å². The summed E-state index contributed by atoms with van der Waals surface area (Å²) in [6.07, 6.45) is 0.847. The summed E-state index contributed by atoms with van der Waals surface area (Å²) in [5.41, 5.74) is 6.12. The molecule has 1 heterocycles. The first-order chi connectivity index (χ1) is 13.8. The van der Waals surface area contributed by atoms with Crippen molar-refractivity contribution in [1.29, 1.82) is 0 Å². The minimum atomic E-state index is 0.171. The summed E-state index contributed by atoms with van der Waals surface area (Å²) < 4.78 is 6.11. The molecule has 0 amide bonds. The van der Waals surface area contributed by atoms with Crippen molar-refractivity contribution < 1.29 is 4.74 Å². The van der Waals surface area contributed by atoms with Crippen molar-refractivity contribution in [2.75, 3.05) is 0 Å². The molecular weight excluding hydrogens is 376 g/mol. The van der Waals surface area contributed by atoms with Crippen LogP contribution >= 0.6 is 11.8 Å². The Labute approximate surface area is 179 Å². The second-order valence-corrected chi connectivity index (χ2v) is 9.31. The molecule has 0 unspecified atom stereocenters. The maximum Gasteiger partial charge on any atom is 0.223 e. The molecular formula is C25H30N2OS. The number of hydrogen-bond acceptors (Lipinski definition) is 4. The van der Waals surface area contributed by atoms with Gasteiger partial charge in [-0.05, 0) is 54.0 Å². The summed E-state index contributed by atoms with van der Waals surface area (Å²) in [5.74, 6) is 2.29. The topological polar surface area (TPSA) is 35.0 Å². The van der Waals surface area contributed by atoms with Crippen LogP contribution in [0.25, 0.3) is 0 Å². The van der Waals surface area contributed by atoms with Crippen molar-refractivity contribution >= 4 is 11.8 Å². The van der Waals surface area contributed by atoms with E-state index in [1.807, 2.05) is 18.2 Å². The van der Waals surface area contributed by atoms with Crippen LogP contribution in [-0.4, -0.2) is 9.97 Å². The number of ether oxygens (including phenoxy) is 1. The maximum absolute atomic E-state index is 6.11. The van der Waals surface area contributed by atoms with Gasteiger partial charge in [-0.25, -0.2) is 4.98 Å². The summed E-state index contributed by atoms with van der Waals surface area (Å²) in [7, 11) is 0. The molecule has 152 valence electrons. The number of aromatic nitrogens is 2. The first kappa shape index (κ1) is 21.4. The standard InChI is InChI=1S/C25H30N2OS/c1-7-21-15-23(28-22-10-8-9-17(2)18(22)3)27-24(26-21)29-16-19-11-13-20(14-12-19)25(4,5)6/h8-15H,7,16H2,1-6H3. The van der Waals surface area contributed by atoms with Crippen LogP contribution in [0.2, 0.25) is 0 Å². The molecule has 0 spiro atoms. The van der Waals surface area contributed by atoms with Gasteiger partial charge in [0.2, 0.25) is 5.88 Å². The third kappa shape index (κ3) is 5.60. The number of nitrogens with zero attached hydrogens (tertiary/aromatic N) is 2. The Balaban J connectivity index is 1.76. The molecule has 3 nitrogen and oxygen atoms in total. The highest BCUT2D eigenvalue weighted by molar-refractivity contribution is 7.98. The molecule has 0 aliphatic heterocycles. The average Bonchev–Trinajstić information content (AvgIpc) is 2.69. The van der Waals surface area contributed by atoms with Crippen LogP contribution < -0.4 is 4.74 Å². The van der Waals surface area contributed by atoms with Gasteiger partial charge < -0.3 is 4.74 Å². The molecule has 0 aliphatic rings. The van der Waals surface area contributed by atoms with Crippen LogP contribution in [0.4, 0.5) is 0 Å². The Morgan fingerprint density at radius 1 is 0.966 bits per heavy atom. The minimum Gasteiger partial charge on any atom is -0.439 e. The third-order valence-electron chi connectivity index (χ3n) is 5.05. The molecule has 0 radical (unpaired) electrons. The van der Waals surface area contributed by atoms with E-state index in [9.17, 15) is 0 Å². The monoisotopic (exact) mass is 406 g/mol. The van der Waals surface area contributed by atoms with Gasteiger partial charge in [0, 0.05) is 17.5 Å². The van der Waals surface area contributed by atoms with E-state index >= 15 is 0 Å². The van der Waals surface area contributed by atoms with Crippen LogP contribution in [0.5, 0.6) is 11.6 Å². The van der Waals surface area contributed by atoms with Crippen LogP contribution in [0.1, 0.15) is 55.6 Å². The Kier molecular flexibility index (Phi) is 6.63. The van der Waals surface area contributed by atoms with E-state index in [-0.39, 0.29) is 5.41 Å². The molecule has 4 heteroatoms. The highest BCUT2D eigenvalue weighted by Crippen LogP contribution is 2.29. The lowest BCUT2D eigenvalue weighted by Crippen LogP contribution is -2.10. The molecule has 0 saturated heterocycles. The van der Waals surface area contributed by atoms with Crippen molar-refractivity contribution in [2.24, 2.45) is 0 Å². The summed E-state index contributed by atoms with van der Waals surface area (Å²) in [6, 6.07) is 16.9. The van der Waals surface area contributed by atoms with Crippen LogP contribution in [0.3, 0.4) is 0 Å². The van der Waals surface area contributed by atoms with Crippen molar-refractivity contribution in [1.82, 2.24) is 9.97 Å². The maximum atomic E-state index is 6.11. The smallest absolute Gasteiger partial charge is 0.223 e. The van der Waals surface area contributed by atoms with Gasteiger partial charge in [0.05, 0.1) is 0 Å². The summed E-state index contributed by atoms with van der Waals surface area (Å²) in [5, 5.41) is 0.754. The Morgan fingerprint density at radius 2 is 1.69 bits per heavy atom. The van der Waals surface area contributed by atoms with Gasteiger partial charge in [-0.3, -0.25) is 0 Å². The number of hydrogen-bond donors (Lipinski definition) is 0. The normalized spacial score (nSPS) is 11.5. The highest BCUT2D eigenvalue weighted by Gasteiger charge is 2.13. The number of thioether (sulfide) groups is 1. The molecule has 3 aromatic rings. The Morgan fingerprint density at radius 3 is 2.34 bits per heavy atom. The van der Waals surface area contributed by atoms with Gasteiger partial charge in [-0.15, -0.1) is 0 Å². The first-order valence-electron chi connectivity index (χ1n) is 10.1. The number of benzene rings is 2. The zero-order chi connectivity index (χ0) is 21.0. The highest BCUT2D eigenvalue weighted by atomic mass is 32.2. The molecule has 0 N–H and O–H groups in total. The van der Waals surface area contributed by atoms with E-state index in [0.29, 0.717) is 5.88 Å². The van der Waals surface area contributed by atoms with Gasteiger partial charge in [0.15, 0.2) is 5.16 Å². The largest absolute Gasteiger partial charge is 0.439 e. The molecule has 29 heavy (non-hydrogen) atoms. The fourth-order valence-electron chi connectivity index (χ4n) is 2.94. The molecule has 3 rings (SSSR count). The SMILES string of the molecule is CCc1cc(Oc2cccc(C)c2C)nc(SCc2ccc(C(C)(C)C)cc2)n1. The second-order valence-electron chi connectivity index (χ2n) is 8.37. The van der Waals surface area contributed by atoms with Gasteiger partial charge >= 0.3 is 0 Å². The molecule has 0 saturated carbocycles. The van der Waals surface area contributed by atoms with E-state index in [0.717, 1.165) is 34.3 Å². The Hall–Kier alpha value is -2.33. The van der Waals surface area contributed by atoms with Crippen molar-refractivity contribution in [3.63, 3.8) is 0 Å². The van der Waals surface area contributed by atoms with Crippen LogP contribution in [0, 0.1) is 13.8 Å². The zero-order valence-corrected chi connectivity index (χ0v) is 19.1. The second kappa shape index (κ2) is 9.00. The van der Waals surface area contributed by atoms with Crippen molar-refractivity contribution in [3.05, 3.63) is 76.5 Å². The van der Waals surface area contributed by atoms with Gasteiger partial charge in [0.1, 0.15) is 5.75 Å². The van der Waals surface area contributed by atoms with E-state index in [1.54, 1.807) is 11.8 Å². The fraction of sp³-hybridized carbons (Fsp3) is 0.360. The van der Waals surface area contributed by atoms with E-state index < -0.39 is 0 Å². The van der Waals surface area contributed by atoms with Crippen LogP contribution in [0.15, 0.2) is 53.7 Å². The zero-order valence-electron chi connectivity index (χ0n) is 18.2. The Bertz CT molecular complexity index is 975. The van der Waals surface area contributed by atoms with Crippen molar-refractivity contribution in [3.8, 4) is 11.6 Å². The average molecular weight is 407 g/mol. The number of aryl methyl sites for hydroxylation is 2. The molecule has 0 atom stereocenters. The molecule has 0 fully saturated rings. The van der Waals surface area contributed by atoms with E-state index in [1.165, 1.54) is 16.7 Å². The molecule has 2 aromatic carbocycles. The van der Waals surface area contributed by atoms with Gasteiger partial charge in [-0.1, -0.05) is 75.9 Å². The molecule has 1 aromatic heterocycles. The summed E-state index contributed by atoms with van der Waals surface area (Å²) in [4.78, 5) is 9.33. The predicted octanol–water partition coefficient (Wildman–Crippen LogP) is 7.04. The molecule has 0 bridgehead atoms. The quantitative estimate of drug-likeness (QED) is 0.325. The van der Waals surface area contributed by atoms with Crippen LogP contribution in [-0.2, 0) is 17.6 Å². The minimum absolute atomic E-state index is 0.171. The van der Waals surface area contributed by atoms with Gasteiger partial charge in [-0.2, -0.15) is 4.98 Å². The lowest BCUT2D eigenvalue weighted by Gasteiger charge is -2.19. The summed E-state index contributed by atoms with van der Waals surface area (Å²) in [6.45, 7) is 13.0. The van der Waals surface area contributed by atoms with E-state index in [4.69, 9.17) is 4.74 Å². The fourth-order valence-corrected chi connectivity index (χ4v) is 3.77. The lowest BCUT2D eigenvalue weighted by molar-refractivity contribution is 0.450. The van der Waals surface area contributed by atoms with Gasteiger partial charge in [0.25, 0.3) is 0 Å². The summed E-state index contributed by atoms with van der Waals surface area (Å²) >= 11 is 1.65. The first-order valence-corrected chi connectivity index (χ1v) is 11.1. The van der Waals surface area contributed by atoms with E-state index in [2.05, 4.69) is 81.8 Å². The lowest BCUT2D eigenvalue weighted by atomic mass is 9.87. The third-order valence-corrected chi connectivity index (χ3v) is 5.97. The number of rotatable bonds is 6.